The lowest BCUT2D eigenvalue weighted by molar-refractivity contribution is 0.476. The highest BCUT2D eigenvalue weighted by Crippen LogP contribution is 2.33. The predicted molar refractivity (Wildman–Crippen MR) is 96.8 cm³/mol. The molecule has 0 radical (unpaired) electrons. The standard InChI is InChI=1S/C19H16ClN3O/c1-10-6-4-5-7-13(10)19-22-12(3)18-11(2)21-15-9-17(24)14(20)8-16(15)23(18)19/h4-9,24H,1-3H3. The van der Waals surface area contributed by atoms with E-state index in [2.05, 4.69) is 28.4 Å². The normalized spacial score (nSPS) is 11.5. The molecule has 1 N–H and O–H groups in total. The number of fused-ring (bicyclic) bond motifs is 3. The van der Waals surface area contributed by atoms with E-state index in [0.717, 1.165) is 39.4 Å². The number of phenolic OH excluding ortho intramolecular Hbond substituents is 1. The smallest absolute Gasteiger partial charge is 0.145 e. The maximum Gasteiger partial charge on any atom is 0.145 e. The van der Waals surface area contributed by atoms with E-state index in [1.807, 2.05) is 26.0 Å². The molecule has 4 aromatic rings. The van der Waals surface area contributed by atoms with Gasteiger partial charge in [-0.15, -0.1) is 0 Å². The number of benzene rings is 2. The summed E-state index contributed by atoms with van der Waals surface area (Å²) in [5, 5.41) is 10.2. The highest BCUT2D eigenvalue weighted by Gasteiger charge is 2.18. The number of imidazole rings is 1. The van der Waals surface area contributed by atoms with Crippen LogP contribution >= 0.6 is 11.6 Å². The number of halogens is 1. The summed E-state index contributed by atoms with van der Waals surface area (Å²) in [7, 11) is 0. The zero-order valence-electron chi connectivity index (χ0n) is 13.6. The molecule has 0 saturated carbocycles. The van der Waals surface area contributed by atoms with Gasteiger partial charge in [0.05, 0.1) is 33.0 Å². The molecule has 0 aliphatic heterocycles. The Morgan fingerprint density at radius 3 is 2.46 bits per heavy atom. The maximum absolute atomic E-state index is 9.92. The quantitative estimate of drug-likeness (QED) is 0.541. The van der Waals surface area contributed by atoms with Gasteiger partial charge >= 0.3 is 0 Å². The van der Waals surface area contributed by atoms with Crippen molar-refractivity contribution in [2.45, 2.75) is 20.8 Å². The van der Waals surface area contributed by atoms with Crippen molar-refractivity contribution in [3.63, 3.8) is 0 Å². The Morgan fingerprint density at radius 2 is 1.71 bits per heavy atom. The van der Waals surface area contributed by atoms with E-state index < -0.39 is 0 Å². The average molecular weight is 338 g/mol. The fraction of sp³-hybridized carbons (Fsp3) is 0.158. The number of aryl methyl sites for hydroxylation is 3. The first-order valence-corrected chi connectivity index (χ1v) is 8.09. The van der Waals surface area contributed by atoms with E-state index in [4.69, 9.17) is 16.6 Å². The van der Waals surface area contributed by atoms with Crippen LogP contribution in [-0.2, 0) is 0 Å². The zero-order chi connectivity index (χ0) is 17.0. The summed E-state index contributed by atoms with van der Waals surface area (Å²) in [6, 6.07) is 11.5. The van der Waals surface area contributed by atoms with E-state index in [-0.39, 0.29) is 5.75 Å². The lowest BCUT2D eigenvalue weighted by atomic mass is 10.1. The molecule has 4 rings (SSSR count). The average Bonchev–Trinajstić information content (AvgIpc) is 2.88. The molecule has 24 heavy (non-hydrogen) atoms. The third-order valence-corrected chi connectivity index (χ3v) is 4.66. The second kappa shape index (κ2) is 5.21. The SMILES string of the molecule is Cc1ccccc1-c1nc(C)c2c(C)nc3cc(O)c(Cl)cc3n12. The summed E-state index contributed by atoms with van der Waals surface area (Å²) in [6.45, 7) is 6.01. The summed E-state index contributed by atoms with van der Waals surface area (Å²) in [6.07, 6.45) is 0. The van der Waals surface area contributed by atoms with Crippen LogP contribution in [0.4, 0.5) is 0 Å². The first kappa shape index (κ1) is 15.0. The zero-order valence-corrected chi connectivity index (χ0v) is 14.4. The minimum absolute atomic E-state index is 0.0321. The first-order valence-electron chi connectivity index (χ1n) is 7.71. The van der Waals surface area contributed by atoms with Crippen LogP contribution in [0.25, 0.3) is 27.9 Å². The molecule has 0 amide bonds. The van der Waals surface area contributed by atoms with Gasteiger partial charge in [-0.05, 0) is 32.4 Å². The van der Waals surface area contributed by atoms with E-state index in [1.165, 1.54) is 0 Å². The van der Waals surface area contributed by atoms with Crippen LogP contribution in [0.3, 0.4) is 0 Å². The van der Waals surface area contributed by atoms with Crippen molar-refractivity contribution < 1.29 is 5.11 Å². The molecule has 2 heterocycles. The van der Waals surface area contributed by atoms with Crippen molar-refractivity contribution in [1.82, 2.24) is 14.4 Å². The van der Waals surface area contributed by atoms with Crippen molar-refractivity contribution in [1.29, 1.82) is 0 Å². The molecule has 4 nitrogen and oxygen atoms in total. The topological polar surface area (TPSA) is 50.4 Å². The molecule has 0 aliphatic carbocycles. The Hall–Kier alpha value is -2.59. The van der Waals surface area contributed by atoms with Crippen molar-refractivity contribution >= 4 is 28.2 Å². The van der Waals surface area contributed by atoms with Crippen molar-refractivity contribution in [3.8, 4) is 17.1 Å². The molecule has 0 unspecified atom stereocenters. The molecular weight excluding hydrogens is 322 g/mol. The van der Waals surface area contributed by atoms with Gasteiger partial charge in [-0.3, -0.25) is 4.40 Å². The molecule has 0 fully saturated rings. The van der Waals surface area contributed by atoms with Crippen molar-refractivity contribution in [2.75, 3.05) is 0 Å². The highest BCUT2D eigenvalue weighted by atomic mass is 35.5. The third-order valence-electron chi connectivity index (χ3n) is 4.35. The lowest BCUT2D eigenvalue weighted by Crippen LogP contribution is -1.98. The summed E-state index contributed by atoms with van der Waals surface area (Å²) in [4.78, 5) is 9.42. The molecular formula is C19H16ClN3O. The van der Waals surface area contributed by atoms with E-state index >= 15 is 0 Å². The number of hydrogen-bond acceptors (Lipinski definition) is 3. The molecule has 0 atom stereocenters. The molecule has 0 spiro atoms. The van der Waals surface area contributed by atoms with Crippen molar-refractivity contribution in [3.05, 3.63) is 58.4 Å². The van der Waals surface area contributed by atoms with Gasteiger partial charge in [-0.1, -0.05) is 35.9 Å². The van der Waals surface area contributed by atoms with Gasteiger partial charge in [0, 0.05) is 11.6 Å². The Kier molecular flexibility index (Phi) is 3.25. The van der Waals surface area contributed by atoms with Crippen molar-refractivity contribution in [2.24, 2.45) is 0 Å². The van der Waals surface area contributed by atoms with Gasteiger partial charge in [-0.2, -0.15) is 0 Å². The first-order chi connectivity index (χ1) is 11.5. The molecule has 2 aromatic heterocycles. The van der Waals surface area contributed by atoms with Gasteiger partial charge in [0.2, 0.25) is 0 Å². The van der Waals surface area contributed by atoms with Gasteiger partial charge in [-0.25, -0.2) is 9.97 Å². The minimum atomic E-state index is 0.0321. The monoisotopic (exact) mass is 337 g/mol. The summed E-state index contributed by atoms with van der Waals surface area (Å²) in [5.41, 5.74) is 6.50. The molecule has 2 aromatic carbocycles. The van der Waals surface area contributed by atoms with Crippen LogP contribution in [0.15, 0.2) is 36.4 Å². The number of aromatic hydroxyl groups is 1. The van der Waals surface area contributed by atoms with Crippen LogP contribution < -0.4 is 0 Å². The minimum Gasteiger partial charge on any atom is -0.506 e. The summed E-state index contributed by atoms with van der Waals surface area (Å²) in [5.74, 6) is 0.891. The van der Waals surface area contributed by atoms with Crippen LogP contribution in [0.1, 0.15) is 17.0 Å². The predicted octanol–water partition coefficient (Wildman–Crippen LogP) is 4.83. The molecule has 120 valence electrons. The van der Waals surface area contributed by atoms with Gasteiger partial charge in [0.1, 0.15) is 11.6 Å². The van der Waals surface area contributed by atoms with Crippen LogP contribution in [0, 0.1) is 20.8 Å². The summed E-state index contributed by atoms with van der Waals surface area (Å²) < 4.78 is 2.08. The Bertz CT molecular complexity index is 1110. The Labute approximate surface area is 144 Å². The molecule has 0 bridgehead atoms. The van der Waals surface area contributed by atoms with E-state index in [1.54, 1.807) is 12.1 Å². The van der Waals surface area contributed by atoms with Gasteiger partial charge in [0.15, 0.2) is 0 Å². The maximum atomic E-state index is 9.92. The fourth-order valence-electron chi connectivity index (χ4n) is 3.23. The second-order valence-corrected chi connectivity index (χ2v) is 6.42. The van der Waals surface area contributed by atoms with Gasteiger partial charge < -0.3 is 5.11 Å². The number of aromatic nitrogens is 3. The molecule has 5 heteroatoms. The van der Waals surface area contributed by atoms with Crippen LogP contribution in [-0.4, -0.2) is 19.5 Å². The third kappa shape index (κ3) is 2.07. The largest absolute Gasteiger partial charge is 0.506 e. The number of phenols is 1. The lowest BCUT2D eigenvalue weighted by Gasteiger charge is -2.10. The van der Waals surface area contributed by atoms with Crippen LogP contribution in [0.5, 0.6) is 5.75 Å². The second-order valence-electron chi connectivity index (χ2n) is 6.01. The van der Waals surface area contributed by atoms with E-state index in [0.29, 0.717) is 10.5 Å². The fourth-order valence-corrected chi connectivity index (χ4v) is 3.39. The highest BCUT2D eigenvalue weighted by molar-refractivity contribution is 6.32. The summed E-state index contributed by atoms with van der Waals surface area (Å²) >= 11 is 6.15. The Balaban J connectivity index is 2.24. The Morgan fingerprint density at radius 1 is 1.00 bits per heavy atom. The number of nitrogens with zero attached hydrogens (tertiary/aromatic N) is 3. The van der Waals surface area contributed by atoms with Crippen LogP contribution in [0.2, 0.25) is 5.02 Å². The number of hydrogen-bond donors (Lipinski definition) is 1. The van der Waals surface area contributed by atoms with E-state index in [9.17, 15) is 5.11 Å². The van der Waals surface area contributed by atoms with Gasteiger partial charge in [0.25, 0.3) is 0 Å². The molecule has 0 saturated heterocycles. The molecule has 0 aliphatic rings. The number of rotatable bonds is 1.